The van der Waals surface area contributed by atoms with E-state index in [2.05, 4.69) is 21.1 Å². The molecule has 450 valence electrons. The molecule has 3 N–H and O–H groups in total. The molecular weight excluding hydrogens is 1080 g/mol. The summed E-state index contributed by atoms with van der Waals surface area (Å²) in [5.74, 6) is -4.51. The number of carbonyl (C=O) groups excluding carboxylic acids is 7. The van der Waals surface area contributed by atoms with Crippen molar-refractivity contribution in [1.82, 2.24) is 30.9 Å². The highest BCUT2D eigenvalue weighted by atomic mass is 32.2. The van der Waals surface area contributed by atoms with Crippen LogP contribution in [-0.4, -0.2) is 207 Å². The van der Waals surface area contributed by atoms with Gasteiger partial charge in [0.1, 0.15) is 21.5 Å². The molecule has 2 aliphatic heterocycles. The van der Waals surface area contributed by atoms with Crippen molar-refractivity contribution in [3.63, 3.8) is 0 Å². The Labute approximate surface area is 476 Å². The number of nitrogens with one attached hydrogen (secondary N) is 3. The molecule has 23 nitrogen and oxygen atoms in total. The number of ether oxygens (including phenoxy) is 8. The number of benzene rings is 2. The van der Waals surface area contributed by atoms with Crippen LogP contribution in [0.4, 0.5) is 13.6 Å². The van der Waals surface area contributed by atoms with E-state index in [1.54, 1.807) is 31.2 Å². The van der Waals surface area contributed by atoms with E-state index in [0.29, 0.717) is 111 Å². The number of hydrogen-bond donors (Lipinski definition) is 3. The number of thioether (sulfide) groups is 1. The molecule has 0 radical (unpaired) electrons. The highest BCUT2D eigenvalue weighted by Crippen LogP contribution is 2.51. The maximum absolute atomic E-state index is 15.1. The minimum absolute atomic E-state index is 0.0193. The fraction of sp³-hybridized carbons (Fsp3) is 0.600. The Balaban J connectivity index is 0.964. The van der Waals surface area contributed by atoms with Gasteiger partial charge in [0, 0.05) is 69.6 Å². The lowest BCUT2D eigenvalue weighted by atomic mass is 9.92. The number of Topliss-reactive ketones (excluding diaryl/α,β-unsaturated/α-hetero) is 1. The Bertz CT molecular complexity index is 2340. The van der Waals surface area contributed by atoms with E-state index in [4.69, 9.17) is 42.7 Å². The predicted octanol–water partition coefficient (Wildman–Crippen LogP) is 3.73. The summed E-state index contributed by atoms with van der Waals surface area (Å²) in [6.07, 6.45) is 2.83. The molecule has 0 spiro atoms. The Morgan fingerprint density at radius 3 is 1.74 bits per heavy atom. The average Bonchev–Trinajstić information content (AvgIpc) is 4.07. The molecule has 0 aromatic heterocycles. The fourth-order valence-corrected chi connectivity index (χ4v) is 9.29. The quantitative estimate of drug-likeness (QED) is 0.0486. The number of hydrogen-bond acceptors (Lipinski definition) is 18. The van der Waals surface area contributed by atoms with Gasteiger partial charge in [0.25, 0.3) is 11.8 Å². The zero-order valence-electron chi connectivity index (χ0n) is 47.0. The van der Waals surface area contributed by atoms with Crippen molar-refractivity contribution in [2.45, 2.75) is 63.8 Å². The van der Waals surface area contributed by atoms with E-state index in [9.17, 15) is 38.0 Å². The molecule has 2 aliphatic rings. The molecule has 0 unspecified atom stereocenters. The molecule has 7 amide bonds. The van der Waals surface area contributed by atoms with Gasteiger partial charge >= 0.3 is 6.03 Å². The summed E-state index contributed by atoms with van der Waals surface area (Å²) in [5, 5.41) is 15.1. The number of urea groups is 1. The van der Waals surface area contributed by atoms with E-state index in [0.717, 1.165) is 39.9 Å². The molecule has 0 fully saturated rings. The maximum atomic E-state index is 15.1. The summed E-state index contributed by atoms with van der Waals surface area (Å²) in [5.41, 5.74) is 0.544. The number of halogens is 2. The van der Waals surface area contributed by atoms with Crippen LogP contribution < -0.4 is 16.0 Å². The molecule has 0 saturated heterocycles. The van der Waals surface area contributed by atoms with Crippen LogP contribution in [-0.2, 0) is 76.4 Å². The second kappa shape index (κ2) is 38.1. The van der Waals surface area contributed by atoms with Crippen LogP contribution in [0, 0.1) is 23.5 Å². The van der Waals surface area contributed by atoms with Crippen LogP contribution in [0.5, 0.6) is 0 Å². The third-order valence-electron chi connectivity index (χ3n) is 12.3. The number of nitrogens with zero attached hydrogens (tertiary/aromatic N) is 4. The molecular formula is C55H79F2N7O16S. The van der Waals surface area contributed by atoms with Crippen molar-refractivity contribution >= 4 is 58.2 Å². The lowest BCUT2D eigenvalue weighted by Gasteiger charge is -2.37. The Morgan fingerprint density at radius 1 is 0.679 bits per heavy atom. The van der Waals surface area contributed by atoms with Crippen molar-refractivity contribution in [1.29, 1.82) is 0 Å². The van der Waals surface area contributed by atoms with E-state index >= 15 is 4.39 Å². The van der Waals surface area contributed by atoms with Gasteiger partial charge in [0.05, 0.1) is 119 Å². The lowest BCUT2D eigenvalue weighted by molar-refractivity contribution is -0.137. The number of hydroxylamine groups is 2. The minimum atomic E-state index is -1.24. The summed E-state index contributed by atoms with van der Waals surface area (Å²) in [7, 11) is 2.72. The van der Waals surface area contributed by atoms with Crippen LogP contribution in [0.2, 0.25) is 0 Å². The maximum Gasteiger partial charge on any atom is 0.365 e. The fourth-order valence-electron chi connectivity index (χ4n) is 7.88. The Hall–Kier alpha value is -5.81. The van der Waals surface area contributed by atoms with Gasteiger partial charge in [-0.1, -0.05) is 62.9 Å². The first-order chi connectivity index (χ1) is 39.1. The predicted molar refractivity (Wildman–Crippen MR) is 293 cm³/mol. The molecule has 0 saturated carbocycles. The molecule has 0 bridgehead atoms. The normalized spacial score (nSPS) is 15.8. The molecule has 26 heteroatoms. The van der Waals surface area contributed by atoms with Crippen LogP contribution in [0.25, 0.3) is 0 Å². The average molecular weight is 1160 g/mol. The standard InChI is InChI=1S/C55H79F2N7O16S/c1-40(2)51(46(65)38-41(3)52(70)59-19-9-18-55(42-10-7-6-8-11-42)64(54(71)62(4)72-5)61-53(81-55)44-39-43(56)12-13-45(44)57)60-48(67)17-22-73-24-26-75-28-30-77-32-34-79-36-37-80-35-33-78-31-29-76-27-25-74-23-20-58-47(66)16-21-63-49(68)14-15-50(63)69/h6-8,10-15,39-41,51H,9,16-38H2,1-5H3,(H,58,66)(H,59,70)(H,60,67)/t41-,51+,55+/m1/s1. The van der Waals surface area contributed by atoms with Gasteiger partial charge in [0.15, 0.2) is 5.78 Å². The van der Waals surface area contributed by atoms with Crippen molar-refractivity contribution in [3.05, 3.63) is 83.4 Å². The molecule has 0 aliphatic carbocycles. The first kappa shape index (κ1) is 67.7. The number of rotatable bonds is 43. The number of imide groups is 1. The van der Waals surface area contributed by atoms with E-state index in [1.807, 2.05) is 19.9 Å². The Morgan fingerprint density at radius 2 is 1.21 bits per heavy atom. The molecule has 2 aromatic carbocycles. The van der Waals surface area contributed by atoms with Gasteiger partial charge in [-0.25, -0.2) is 18.6 Å². The van der Waals surface area contributed by atoms with Crippen molar-refractivity contribution in [3.8, 4) is 0 Å². The van der Waals surface area contributed by atoms with Gasteiger partial charge in [-0.3, -0.25) is 38.5 Å². The van der Waals surface area contributed by atoms with E-state index in [-0.39, 0.29) is 92.0 Å². The first-order valence-corrected chi connectivity index (χ1v) is 27.8. The van der Waals surface area contributed by atoms with Crippen LogP contribution >= 0.6 is 11.8 Å². The summed E-state index contributed by atoms with van der Waals surface area (Å²) in [4.78, 5) is 93.1. The molecule has 2 heterocycles. The van der Waals surface area contributed by atoms with Crippen molar-refractivity contribution < 1.29 is 85.1 Å². The highest BCUT2D eigenvalue weighted by Gasteiger charge is 2.50. The SMILES string of the molecule is CON(C)C(=O)N1N=C(c2cc(F)ccc2F)S[C@@]1(CCCNC(=O)[C@H](C)CC(=O)[C@@H](NC(=O)CCOCCOCCOCCOCCOCCOCCOCCOCCNC(=O)CCN1C(=O)C=CC1=O)C(C)C)c1ccccc1. The topological polar surface area (TPSA) is 261 Å². The number of ketones is 1. The van der Waals surface area contributed by atoms with Crippen LogP contribution in [0.1, 0.15) is 64.0 Å². The van der Waals surface area contributed by atoms with Crippen LogP contribution in [0.3, 0.4) is 0 Å². The van der Waals surface area contributed by atoms with Gasteiger partial charge in [-0.15, -0.1) is 0 Å². The van der Waals surface area contributed by atoms with Gasteiger partial charge in [0.2, 0.25) is 17.7 Å². The van der Waals surface area contributed by atoms with E-state index < -0.39 is 46.3 Å². The molecule has 3 atom stereocenters. The van der Waals surface area contributed by atoms with Crippen molar-refractivity contribution in [2.24, 2.45) is 16.9 Å². The smallest absolute Gasteiger partial charge is 0.365 e. The highest BCUT2D eigenvalue weighted by molar-refractivity contribution is 8.15. The monoisotopic (exact) mass is 1160 g/mol. The lowest BCUT2D eigenvalue weighted by Crippen LogP contribution is -2.47. The van der Waals surface area contributed by atoms with Gasteiger partial charge < -0.3 is 53.8 Å². The zero-order chi connectivity index (χ0) is 58.8. The minimum Gasteiger partial charge on any atom is -0.379 e. The third kappa shape index (κ3) is 24.3. The number of amides is 7. The van der Waals surface area contributed by atoms with Gasteiger partial charge in [-0.2, -0.15) is 10.1 Å². The van der Waals surface area contributed by atoms with Crippen LogP contribution in [0.15, 0.2) is 65.8 Å². The first-order valence-electron chi connectivity index (χ1n) is 27.0. The summed E-state index contributed by atoms with van der Waals surface area (Å²) in [6.45, 7) is 11.3. The zero-order valence-corrected chi connectivity index (χ0v) is 47.8. The summed E-state index contributed by atoms with van der Waals surface area (Å²) >= 11 is 1.09. The Kier molecular flexibility index (Phi) is 31.8. The molecule has 2 aromatic rings. The van der Waals surface area contributed by atoms with E-state index in [1.165, 1.54) is 31.3 Å². The number of carbonyl (C=O) groups is 7. The largest absolute Gasteiger partial charge is 0.379 e. The second-order valence-corrected chi connectivity index (χ2v) is 20.0. The van der Waals surface area contributed by atoms with Gasteiger partial charge in [-0.05, 0) is 42.5 Å². The summed E-state index contributed by atoms with van der Waals surface area (Å²) in [6, 6.07) is 10.5. The second-order valence-electron chi connectivity index (χ2n) is 18.7. The van der Waals surface area contributed by atoms with Crippen molar-refractivity contribution in [2.75, 3.05) is 140 Å². The number of hydrazone groups is 1. The molecule has 81 heavy (non-hydrogen) atoms. The third-order valence-corrected chi connectivity index (χ3v) is 13.7. The summed E-state index contributed by atoms with van der Waals surface area (Å²) < 4.78 is 73.3. The molecule has 4 rings (SSSR count).